The lowest BCUT2D eigenvalue weighted by molar-refractivity contribution is -0.0707. The molecule has 0 N–H and O–H groups in total. The van der Waals surface area contributed by atoms with E-state index >= 15 is 0 Å². The molecule has 2 aliphatic heterocycles. The SMILES string of the molecule is O=C(c1ccn2ncnc2c1)N1CCO[C@@H](CN2CCCC2)[C@@H]1c1ccccc1. The van der Waals surface area contributed by atoms with E-state index < -0.39 is 0 Å². The standard InChI is InChI=1S/C22H25N5O2/c28-22(18-8-11-27-20(14-18)23-16-24-27)26-12-13-29-19(15-25-9-4-5-10-25)21(26)17-6-2-1-3-7-17/h1-3,6-8,11,14,16,19,21H,4-5,9-10,12-13,15H2/t19-,21-/m0/s1. The van der Waals surface area contributed by atoms with Crippen molar-refractivity contribution in [1.29, 1.82) is 0 Å². The number of hydrogen-bond donors (Lipinski definition) is 0. The average molecular weight is 391 g/mol. The van der Waals surface area contributed by atoms with Gasteiger partial charge in [0.15, 0.2) is 5.65 Å². The van der Waals surface area contributed by atoms with Crippen molar-refractivity contribution in [2.75, 3.05) is 32.8 Å². The number of amides is 1. The molecule has 0 saturated carbocycles. The Bertz CT molecular complexity index is 983. The highest BCUT2D eigenvalue weighted by Crippen LogP contribution is 2.32. The van der Waals surface area contributed by atoms with Gasteiger partial charge in [-0.1, -0.05) is 30.3 Å². The van der Waals surface area contributed by atoms with Gasteiger partial charge in [0.1, 0.15) is 6.33 Å². The van der Waals surface area contributed by atoms with Crippen molar-refractivity contribution >= 4 is 11.6 Å². The van der Waals surface area contributed by atoms with E-state index in [-0.39, 0.29) is 18.1 Å². The summed E-state index contributed by atoms with van der Waals surface area (Å²) in [5, 5.41) is 4.12. The van der Waals surface area contributed by atoms with Crippen molar-refractivity contribution in [1.82, 2.24) is 24.4 Å². The lowest BCUT2D eigenvalue weighted by Gasteiger charge is -2.42. The number of rotatable bonds is 4. The van der Waals surface area contributed by atoms with E-state index in [0.717, 1.165) is 25.2 Å². The summed E-state index contributed by atoms with van der Waals surface area (Å²) in [6, 6.07) is 13.8. The first kappa shape index (κ1) is 18.3. The van der Waals surface area contributed by atoms with E-state index in [4.69, 9.17) is 4.74 Å². The van der Waals surface area contributed by atoms with Crippen LogP contribution in [0.3, 0.4) is 0 Å². The largest absolute Gasteiger partial charge is 0.373 e. The van der Waals surface area contributed by atoms with Crippen LogP contribution in [0.2, 0.25) is 0 Å². The summed E-state index contributed by atoms with van der Waals surface area (Å²) in [5.41, 5.74) is 2.43. The molecule has 0 aliphatic carbocycles. The van der Waals surface area contributed by atoms with Gasteiger partial charge in [0.25, 0.3) is 5.91 Å². The van der Waals surface area contributed by atoms with Crippen molar-refractivity contribution in [2.45, 2.75) is 25.0 Å². The zero-order valence-corrected chi connectivity index (χ0v) is 16.4. The first-order valence-electron chi connectivity index (χ1n) is 10.3. The maximum atomic E-state index is 13.5. The molecule has 7 nitrogen and oxygen atoms in total. The lowest BCUT2D eigenvalue weighted by Crippen LogP contribution is -2.51. The van der Waals surface area contributed by atoms with Gasteiger partial charge in [0.05, 0.1) is 18.8 Å². The molecule has 2 aromatic heterocycles. The van der Waals surface area contributed by atoms with Crippen molar-refractivity contribution < 1.29 is 9.53 Å². The van der Waals surface area contributed by atoms with E-state index in [1.165, 1.54) is 19.2 Å². The van der Waals surface area contributed by atoms with Gasteiger partial charge in [-0.15, -0.1) is 0 Å². The Balaban J connectivity index is 1.47. The number of nitrogens with zero attached hydrogens (tertiary/aromatic N) is 5. The maximum Gasteiger partial charge on any atom is 0.254 e. The molecule has 0 spiro atoms. The molecule has 29 heavy (non-hydrogen) atoms. The molecule has 7 heteroatoms. The topological polar surface area (TPSA) is 63.0 Å². The maximum absolute atomic E-state index is 13.5. The van der Waals surface area contributed by atoms with Crippen LogP contribution in [-0.2, 0) is 4.74 Å². The van der Waals surface area contributed by atoms with Crippen LogP contribution in [0.25, 0.3) is 5.65 Å². The monoisotopic (exact) mass is 391 g/mol. The van der Waals surface area contributed by atoms with Crippen LogP contribution in [0.1, 0.15) is 34.8 Å². The van der Waals surface area contributed by atoms with E-state index in [1.54, 1.807) is 10.7 Å². The second-order valence-corrected chi connectivity index (χ2v) is 7.75. The summed E-state index contributed by atoms with van der Waals surface area (Å²) in [5.74, 6) is 0.0130. The van der Waals surface area contributed by atoms with E-state index in [9.17, 15) is 4.79 Å². The molecule has 2 atom stereocenters. The fourth-order valence-electron chi connectivity index (χ4n) is 4.49. The molecule has 0 radical (unpaired) electrons. The number of pyridine rings is 1. The number of ether oxygens (including phenoxy) is 1. The summed E-state index contributed by atoms with van der Waals surface area (Å²) in [4.78, 5) is 22.2. The Morgan fingerprint density at radius 1 is 1.10 bits per heavy atom. The molecular formula is C22H25N5O2. The van der Waals surface area contributed by atoms with Crippen molar-refractivity contribution in [3.05, 3.63) is 66.1 Å². The molecular weight excluding hydrogens is 366 g/mol. The molecule has 0 unspecified atom stereocenters. The fraction of sp³-hybridized carbons (Fsp3) is 0.409. The molecule has 1 amide bonds. The minimum Gasteiger partial charge on any atom is -0.373 e. The summed E-state index contributed by atoms with van der Waals surface area (Å²) in [6.45, 7) is 4.21. The van der Waals surface area contributed by atoms with Crippen molar-refractivity contribution in [2.24, 2.45) is 0 Å². The van der Waals surface area contributed by atoms with Crippen LogP contribution >= 0.6 is 0 Å². The smallest absolute Gasteiger partial charge is 0.254 e. The number of hydrogen-bond acceptors (Lipinski definition) is 5. The summed E-state index contributed by atoms with van der Waals surface area (Å²) in [6.07, 6.45) is 5.73. The zero-order valence-electron chi connectivity index (χ0n) is 16.4. The summed E-state index contributed by atoms with van der Waals surface area (Å²) >= 11 is 0. The summed E-state index contributed by atoms with van der Waals surface area (Å²) < 4.78 is 7.89. The van der Waals surface area contributed by atoms with Gasteiger partial charge >= 0.3 is 0 Å². The lowest BCUT2D eigenvalue weighted by atomic mass is 9.96. The number of carbonyl (C=O) groups is 1. The van der Waals surface area contributed by atoms with E-state index in [0.29, 0.717) is 24.4 Å². The van der Waals surface area contributed by atoms with Gasteiger partial charge in [0, 0.05) is 24.8 Å². The number of morpholine rings is 1. The Kier molecular flexibility index (Phi) is 4.99. The quantitative estimate of drug-likeness (QED) is 0.683. The molecule has 2 aliphatic rings. The number of likely N-dealkylation sites (tertiary alicyclic amines) is 1. The van der Waals surface area contributed by atoms with Gasteiger partial charge < -0.3 is 14.5 Å². The van der Waals surface area contributed by atoms with Gasteiger partial charge in [0.2, 0.25) is 0 Å². The molecule has 5 rings (SSSR count). The number of fused-ring (bicyclic) bond motifs is 1. The van der Waals surface area contributed by atoms with E-state index in [2.05, 4.69) is 27.1 Å². The van der Waals surface area contributed by atoms with Gasteiger partial charge in [-0.05, 0) is 43.6 Å². The predicted molar refractivity (Wildman–Crippen MR) is 109 cm³/mol. The minimum absolute atomic E-state index is 0.0130. The number of carbonyl (C=O) groups excluding carboxylic acids is 1. The highest BCUT2D eigenvalue weighted by atomic mass is 16.5. The Morgan fingerprint density at radius 2 is 1.93 bits per heavy atom. The van der Waals surface area contributed by atoms with Crippen LogP contribution in [-0.4, -0.2) is 69.2 Å². The fourth-order valence-corrected chi connectivity index (χ4v) is 4.49. The third-order valence-electron chi connectivity index (χ3n) is 5.92. The Hall–Kier alpha value is -2.77. The van der Waals surface area contributed by atoms with Crippen LogP contribution in [0.4, 0.5) is 0 Å². The molecule has 2 saturated heterocycles. The molecule has 150 valence electrons. The highest BCUT2D eigenvalue weighted by Gasteiger charge is 2.38. The first-order valence-corrected chi connectivity index (χ1v) is 10.3. The van der Waals surface area contributed by atoms with Crippen molar-refractivity contribution in [3.63, 3.8) is 0 Å². The molecule has 0 bridgehead atoms. The number of aromatic nitrogens is 3. The second-order valence-electron chi connectivity index (χ2n) is 7.75. The second kappa shape index (κ2) is 7.93. The summed E-state index contributed by atoms with van der Waals surface area (Å²) in [7, 11) is 0. The average Bonchev–Trinajstić information content (AvgIpc) is 3.45. The van der Waals surface area contributed by atoms with Gasteiger partial charge in [-0.25, -0.2) is 9.50 Å². The van der Waals surface area contributed by atoms with E-state index in [1.807, 2.05) is 35.2 Å². The first-order chi connectivity index (χ1) is 14.3. The van der Waals surface area contributed by atoms with Crippen molar-refractivity contribution in [3.8, 4) is 0 Å². The normalized spacial score (nSPS) is 23.0. The predicted octanol–water partition coefficient (Wildman–Crippen LogP) is 2.41. The van der Waals surface area contributed by atoms with Gasteiger partial charge in [-0.2, -0.15) is 5.10 Å². The Morgan fingerprint density at radius 3 is 2.76 bits per heavy atom. The van der Waals surface area contributed by atoms with Gasteiger partial charge in [-0.3, -0.25) is 4.79 Å². The molecule has 4 heterocycles. The van der Waals surface area contributed by atoms with Crippen LogP contribution < -0.4 is 0 Å². The van der Waals surface area contributed by atoms with Crippen LogP contribution in [0.15, 0.2) is 55.0 Å². The Labute approximate surface area is 169 Å². The third kappa shape index (κ3) is 3.63. The molecule has 2 fully saturated rings. The molecule has 1 aromatic carbocycles. The number of benzene rings is 1. The zero-order chi connectivity index (χ0) is 19.6. The third-order valence-corrected chi connectivity index (χ3v) is 5.92. The minimum atomic E-state index is -0.104. The van der Waals surface area contributed by atoms with Crippen LogP contribution in [0.5, 0.6) is 0 Å². The van der Waals surface area contributed by atoms with Crippen LogP contribution in [0, 0.1) is 0 Å². The molecule has 3 aromatic rings. The highest BCUT2D eigenvalue weighted by molar-refractivity contribution is 5.95.